The minimum atomic E-state index is -0.343. The van der Waals surface area contributed by atoms with E-state index in [9.17, 15) is 4.79 Å². The van der Waals surface area contributed by atoms with Crippen LogP contribution in [0.2, 0.25) is 0 Å². The number of amides is 1. The average molecular weight is 499 g/mol. The van der Waals surface area contributed by atoms with Crippen molar-refractivity contribution in [2.45, 2.75) is 58.4 Å². The number of pyridine rings is 1. The van der Waals surface area contributed by atoms with Gasteiger partial charge in [0.05, 0.1) is 30.9 Å². The summed E-state index contributed by atoms with van der Waals surface area (Å²) in [5.74, 6) is 1.28. The summed E-state index contributed by atoms with van der Waals surface area (Å²) in [5, 5.41) is 1.12. The van der Waals surface area contributed by atoms with Gasteiger partial charge < -0.3 is 30.4 Å². The highest BCUT2D eigenvalue weighted by Gasteiger charge is 2.16. The SMILES string of the molecule is CCCCc1nc2c(N)nc3ccccc3c2n1CCCCN(C)CCCOCCOCCC(N)=O. The number of para-hydroxylation sites is 1. The summed E-state index contributed by atoms with van der Waals surface area (Å²) in [6.45, 7) is 7.25. The van der Waals surface area contributed by atoms with Gasteiger partial charge >= 0.3 is 0 Å². The van der Waals surface area contributed by atoms with Gasteiger partial charge in [0.25, 0.3) is 0 Å². The molecule has 0 aliphatic rings. The molecule has 198 valence electrons. The highest BCUT2D eigenvalue weighted by Crippen LogP contribution is 2.29. The number of aryl methyl sites for hydroxylation is 2. The van der Waals surface area contributed by atoms with Gasteiger partial charge in [0.15, 0.2) is 5.82 Å². The van der Waals surface area contributed by atoms with Crippen molar-refractivity contribution in [1.29, 1.82) is 0 Å². The number of aromatic nitrogens is 3. The van der Waals surface area contributed by atoms with Gasteiger partial charge in [0.2, 0.25) is 5.91 Å². The number of benzene rings is 1. The predicted molar refractivity (Wildman–Crippen MR) is 145 cm³/mol. The molecule has 0 radical (unpaired) electrons. The van der Waals surface area contributed by atoms with Crippen LogP contribution >= 0.6 is 0 Å². The molecule has 0 fully saturated rings. The second kappa shape index (κ2) is 14.7. The third-order valence-electron chi connectivity index (χ3n) is 6.31. The third kappa shape index (κ3) is 8.15. The van der Waals surface area contributed by atoms with Crippen LogP contribution in [0.15, 0.2) is 24.3 Å². The molecule has 9 heteroatoms. The third-order valence-corrected chi connectivity index (χ3v) is 6.31. The van der Waals surface area contributed by atoms with E-state index in [1.54, 1.807) is 0 Å². The largest absolute Gasteiger partial charge is 0.382 e. The van der Waals surface area contributed by atoms with Crippen molar-refractivity contribution < 1.29 is 14.3 Å². The lowest BCUT2D eigenvalue weighted by Crippen LogP contribution is -2.22. The Hall–Kier alpha value is -2.75. The van der Waals surface area contributed by atoms with Crippen molar-refractivity contribution >= 4 is 33.7 Å². The molecule has 0 saturated carbocycles. The summed E-state index contributed by atoms with van der Waals surface area (Å²) in [4.78, 5) is 22.5. The van der Waals surface area contributed by atoms with E-state index in [0.717, 1.165) is 85.9 Å². The van der Waals surface area contributed by atoms with Gasteiger partial charge in [-0.2, -0.15) is 0 Å². The van der Waals surface area contributed by atoms with Crippen LogP contribution in [0.3, 0.4) is 0 Å². The highest BCUT2D eigenvalue weighted by atomic mass is 16.5. The van der Waals surface area contributed by atoms with Crippen LogP contribution in [0.5, 0.6) is 0 Å². The first kappa shape index (κ1) is 27.8. The van der Waals surface area contributed by atoms with Gasteiger partial charge in [-0.1, -0.05) is 31.5 Å². The Morgan fingerprint density at radius 3 is 2.53 bits per heavy atom. The molecule has 3 aromatic rings. The molecule has 0 aliphatic carbocycles. The molecule has 2 heterocycles. The Labute approximate surface area is 214 Å². The molecule has 0 unspecified atom stereocenters. The number of primary amides is 1. The number of rotatable bonds is 18. The Morgan fingerprint density at radius 2 is 1.75 bits per heavy atom. The summed E-state index contributed by atoms with van der Waals surface area (Å²) < 4.78 is 13.3. The number of hydrogen-bond donors (Lipinski definition) is 2. The minimum absolute atomic E-state index is 0.254. The number of hydrogen-bond acceptors (Lipinski definition) is 7. The van der Waals surface area contributed by atoms with Crippen molar-refractivity contribution in [1.82, 2.24) is 19.4 Å². The molecule has 0 aliphatic heterocycles. The second-order valence-electron chi connectivity index (χ2n) is 9.30. The second-order valence-corrected chi connectivity index (χ2v) is 9.30. The predicted octanol–water partition coefficient (Wildman–Crippen LogP) is 3.52. The van der Waals surface area contributed by atoms with E-state index in [1.165, 1.54) is 0 Å². The maximum atomic E-state index is 10.7. The Kier molecular flexibility index (Phi) is 11.4. The van der Waals surface area contributed by atoms with E-state index in [4.69, 9.17) is 25.9 Å². The maximum absolute atomic E-state index is 10.7. The number of carbonyl (C=O) groups is 1. The van der Waals surface area contributed by atoms with Crippen LogP contribution < -0.4 is 11.5 Å². The molecule has 1 aromatic carbocycles. The van der Waals surface area contributed by atoms with Crippen LogP contribution in [-0.4, -0.2) is 71.9 Å². The monoisotopic (exact) mass is 498 g/mol. The minimum Gasteiger partial charge on any atom is -0.382 e. The van der Waals surface area contributed by atoms with Gasteiger partial charge in [0.1, 0.15) is 11.3 Å². The molecule has 4 N–H and O–H groups in total. The highest BCUT2D eigenvalue weighted by molar-refractivity contribution is 6.06. The Bertz CT molecular complexity index is 1100. The molecular weight excluding hydrogens is 456 g/mol. The quantitative estimate of drug-likeness (QED) is 0.257. The zero-order valence-corrected chi connectivity index (χ0v) is 21.9. The van der Waals surface area contributed by atoms with Crippen LogP contribution in [0.25, 0.3) is 21.9 Å². The molecule has 2 aromatic heterocycles. The molecule has 0 bridgehead atoms. The fourth-order valence-corrected chi connectivity index (χ4v) is 4.37. The first-order chi connectivity index (χ1) is 17.5. The molecule has 0 saturated heterocycles. The Morgan fingerprint density at radius 1 is 1.00 bits per heavy atom. The van der Waals surface area contributed by atoms with Crippen LogP contribution in [0, 0.1) is 0 Å². The lowest BCUT2D eigenvalue weighted by atomic mass is 10.1. The van der Waals surface area contributed by atoms with E-state index >= 15 is 0 Å². The molecule has 36 heavy (non-hydrogen) atoms. The van der Waals surface area contributed by atoms with Gasteiger partial charge in [-0.15, -0.1) is 0 Å². The van der Waals surface area contributed by atoms with E-state index in [-0.39, 0.29) is 12.3 Å². The van der Waals surface area contributed by atoms with Crippen molar-refractivity contribution in [3.05, 3.63) is 30.1 Å². The van der Waals surface area contributed by atoms with Gasteiger partial charge in [0, 0.05) is 37.9 Å². The van der Waals surface area contributed by atoms with Crippen LogP contribution in [-0.2, 0) is 27.2 Å². The molecule has 0 spiro atoms. The van der Waals surface area contributed by atoms with Gasteiger partial charge in [-0.3, -0.25) is 4.79 Å². The topological polar surface area (TPSA) is 122 Å². The van der Waals surface area contributed by atoms with Gasteiger partial charge in [-0.25, -0.2) is 9.97 Å². The van der Waals surface area contributed by atoms with Crippen molar-refractivity contribution in [2.75, 3.05) is 52.3 Å². The molecular formula is C27H42N6O3. The zero-order chi connectivity index (χ0) is 25.8. The molecule has 3 rings (SSSR count). The van der Waals surface area contributed by atoms with Crippen molar-refractivity contribution in [3.63, 3.8) is 0 Å². The number of unbranched alkanes of at least 4 members (excludes halogenated alkanes) is 2. The first-order valence-corrected chi connectivity index (χ1v) is 13.2. The number of ether oxygens (including phenoxy) is 2. The zero-order valence-electron chi connectivity index (χ0n) is 21.9. The lowest BCUT2D eigenvalue weighted by molar-refractivity contribution is -0.119. The van der Waals surface area contributed by atoms with Crippen molar-refractivity contribution in [3.8, 4) is 0 Å². The Balaban J connectivity index is 1.45. The van der Waals surface area contributed by atoms with Crippen molar-refractivity contribution in [2.24, 2.45) is 5.73 Å². The summed E-state index contributed by atoms with van der Waals surface area (Å²) in [7, 11) is 2.16. The van der Waals surface area contributed by atoms with Gasteiger partial charge in [-0.05, 0) is 45.3 Å². The summed E-state index contributed by atoms with van der Waals surface area (Å²) >= 11 is 0. The number of fused-ring (bicyclic) bond motifs is 3. The average Bonchev–Trinajstić information content (AvgIpc) is 3.23. The number of carbonyl (C=O) groups excluding carboxylic acids is 1. The summed E-state index contributed by atoms with van der Waals surface area (Å²) in [6.07, 6.45) is 6.61. The standard InChI is InChI=1S/C27H42N6O3/c1-3-4-12-24-31-25-26(21-10-5-6-11-22(21)30-27(25)29)33(24)16-8-7-14-32(2)15-9-17-35-19-20-36-18-13-23(28)34/h5-6,10-11H,3-4,7-9,12-20H2,1-2H3,(H2,28,34)(H2,29,30). The number of nitrogens with two attached hydrogens (primary N) is 2. The normalized spacial score (nSPS) is 11.8. The molecule has 9 nitrogen and oxygen atoms in total. The van der Waals surface area contributed by atoms with E-state index in [0.29, 0.717) is 32.2 Å². The number of anilines is 1. The van der Waals surface area contributed by atoms with E-state index in [1.807, 2.05) is 12.1 Å². The number of nitrogen functional groups attached to an aromatic ring is 1. The number of imidazole rings is 1. The molecule has 0 atom stereocenters. The smallest absolute Gasteiger partial charge is 0.219 e. The summed E-state index contributed by atoms with van der Waals surface area (Å²) in [5.41, 5.74) is 14.3. The van der Waals surface area contributed by atoms with E-state index < -0.39 is 0 Å². The fraction of sp³-hybridized carbons (Fsp3) is 0.593. The molecule has 1 amide bonds. The van der Waals surface area contributed by atoms with Crippen LogP contribution in [0.4, 0.5) is 5.82 Å². The summed E-state index contributed by atoms with van der Waals surface area (Å²) in [6, 6.07) is 8.19. The van der Waals surface area contributed by atoms with E-state index in [2.05, 4.69) is 40.6 Å². The lowest BCUT2D eigenvalue weighted by Gasteiger charge is -2.17. The van der Waals surface area contributed by atoms with Crippen LogP contribution in [0.1, 0.15) is 51.3 Å². The first-order valence-electron chi connectivity index (χ1n) is 13.2. The fourth-order valence-electron chi connectivity index (χ4n) is 4.37. The number of nitrogens with zero attached hydrogens (tertiary/aromatic N) is 4. The maximum Gasteiger partial charge on any atom is 0.219 e.